The molecule has 14 heavy (non-hydrogen) atoms. The van der Waals surface area contributed by atoms with E-state index in [0.717, 1.165) is 7.11 Å². The molecule has 0 aliphatic carbocycles. The first-order chi connectivity index (χ1) is 6.45. The van der Waals surface area contributed by atoms with Crippen LogP contribution in [-0.2, 0) is 4.74 Å². The Bertz CT molecular complexity index is 137. The van der Waals surface area contributed by atoms with Gasteiger partial charge in [-0.05, 0) is 0 Å². The zero-order chi connectivity index (χ0) is 11.3. The average molecular weight is 210 g/mol. The van der Waals surface area contributed by atoms with Crippen LogP contribution in [0.25, 0.3) is 0 Å². The molecule has 6 heteroatoms. The van der Waals surface area contributed by atoms with Gasteiger partial charge in [0.25, 0.3) is 0 Å². The third-order valence-electron chi connectivity index (χ3n) is 2.10. The molecular weight excluding hydrogens is 192 g/mol. The molecule has 0 saturated carbocycles. The van der Waals surface area contributed by atoms with Crippen molar-refractivity contribution in [3.05, 3.63) is 0 Å². The molecule has 0 heterocycles. The zero-order valence-corrected chi connectivity index (χ0v) is 8.24. The van der Waals surface area contributed by atoms with Crippen LogP contribution in [0.5, 0.6) is 0 Å². The predicted octanol–water partition coefficient (Wildman–Crippen LogP) is -2.34. The van der Waals surface area contributed by atoms with E-state index in [1.165, 1.54) is 6.92 Å². The Hall–Kier alpha value is -0.240. The molecule has 0 fully saturated rings. The summed E-state index contributed by atoms with van der Waals surface area (Å²) in [6, 6.07) is 0. The standard InChI is InChI=1S/C8H18O6/c1-4(3-9)5(10)6(11)7(12)8(13)14-2/h4-13H,3H2,1-2H3/t4?,5-,6?,7?,8-/m1/s1. The summed E-state index contributed by atoms with van der Waals surface area (Å²) in [5.74, 6) is -0.594. The second-order valence-electron chi connectivity index (χ2n) is 3.26. The van der Waals surface area contributed by atoms with E-state index in [1.54, 1.807) is 0 Å². The number of aliphatic hydroxyl groups excluding tert-OH is 5. The summed E-state index contributed by atoms with van der Waals surface area (Å²) < 4.78 is 4.37. The number of aliphatic hydroxyl groups is 5. The monoisotopic (exact) mass is 210 g/mol. The summed E-state index contributed by atoms with van der Waals surface area (Å²) in [4.78, 5) is 0. The molecule has 3 unspecified atom stereocenters. The molecule has 5 N–H and O–H groups in total. The molecule has 0 radical (unpaired) electrons. The molecule has 0 aromatic rings. The van der Waals surface area contributed by atoms with Gasteiger partial charge in [0.2, 0.25) is 0 Å². The second kappa shape index (κ2) is 6.28. The van der Waals surface area contributed by atoms with Gasteiger partial charge in [0.05, 0.1) is 6.10 Å². The van der Waals surface area contributed by atoms with Gasteiger partial charge >= 0.3 is 0 Å². The van der Waals surface area contributed by atoms with Crippen molar-refractivity contribution in [2.24, 2.45) is 5.92 Å². The highest BCUT2D eigenvalue weighted by Crippen LogP contribution is 2.12. The number of methoxy groups -OCH3 is 1. The third kappa shape index (κ3) is 3.49. The third-order valence-corrected chi connectivity index (χ3v) is 2.10. The van der Waals surface area contributed by atoms with Crippen LogP contribution in [0, 0.1) is 5.92 Å². The first-order valence-electron chi connectivity index (χ1n) is 4.31. The summed E-state index contributed by atoms with van der Waals surface area (Å²) in [5.41, 5.74) is 0. The van der Waals surface area contributed by atoms with Gasteiger partial charge in [-0.25, -0.2) is 0 Å². The molecule has 0 aromatic heterocycles. The Morgan fingerprint density at radius 2 is 1.50 bits per heavy atom. The Morgan fingerprint density at radius 1 is 1.00 bits per heavy atom. The molecule has 6 nitrogen and oxygen atoms in total. The summed E-state index contributed by atoms with van der Waals surface area (Å²) in [6.45, 7) is 1.17. The van der Waals surface area contributed by atoms with Crippen molar-refractivity contribution in [2.75, 3.05) is 13.7 Å². The van der Waals surface area contributed by atoms with Crippen LogP contribution < -0.4 is 0 Å². The summed E-state index contributed by atoms with van der Waals surface area (Å²) in [5, 5.41) is 45.6. The van der Waals surface area contributed by atoms with Crippen molar-refractivity contribution in [2.45, 2.75) is 31.5 Å². The highest BCUT2D eigenvalue weighted by Gasteiger charge is 2.32. The first-order valence-corrected chi connectivity index (χ1v) is 4.31. The van der Waals surface area contributed by atoms with Crippen LogP contribution in [0.4, 0.5) is 0 Å². The highest BCUT2D eigenvalue weighted by atomic mass is 16.6. The second-order valence-corrected chi connectivity index (χ2v) is 3.26. The van der Waals surface area contributed by atoms with Gasteiger partial charge in [0.15, 0.2) is 6.29 Å². The van der Waals surface area contributed by atoms with Crippen LogP contribution in [-0.4, -0.2) is 63.9 Å². The zero-order valence-electron chi connectivity index (χ0n) is 8.24. The van der Waals surface area contributed by atoms with Crippen LogP contribution in [0.1, 0.15) is 6.92 Å². The molecule has 0 aliphatic rings. The van der Waals surface area contributed by atoms with E-state index in [2.05, 4.69) is 4.74 Å². The Kier molecular flexibility index (Phi) is 6.17. The van der Waals surface area contributed by atoms with Gasteiger partial charge in [-0.2, -0.15) is 0 Å². The number of ether oxygens (including phenoxy) is 1. The van der Waals surface area contributed by atoms with Crippen molar-refractivity contribution in [3.63, 3.8) is 0 Å². The molecule has 86 valence electrons. The molecule has 0 aliphatic heterocycles. The molecule has 0 spiro atoms. The van der Waals surface area contributed by atoms with E-state index in [9.17, 15) is 15.3 Å². The van der Waals surface area contributed by atoms with Crippen LogP contribution >= 0.6 is 0 Å². The smallest absolute Gasteiger partial charge is 0.183 e. The topological polar surface area (TPSA) is 110 Å². The van der Waals surface area contributed by atoms with Crippen LogP contribution in [0.2, 0.25) is 0 Å². The minimum atomic E-state index is -1.61. The average Bonchev–Trinajstić information content (AvgIpc) is 2.23. The minimum Gasteiger partial charge on any atom is -0.396 e. The van der Waals surface area contributed by atoms with E-state index in [-0.39, 0.29) is 6.61 Å². The fraction of sp³-hybridized carbons (Fsp3) is 1.00. The Labute approximate surface area is 82.4 Å². The largest absolute Gasteiger partial charge is 0.396 e. The van der Waals surface area contributed by atoms with Gasteiger partial charge in [-0.1, -0.05) is 6.92 Å². The van der Waals surface area contributed by atoms with Gasteiger partial charge in [0, 0.05) is 19.6 Å². The lowest BCUT2D eigenvalue weighted by Crippen LogP contribution is -2.47. The lowest BCUT2D eigenvalue weighted by Gasteiger charge is -2.28. The molecular formula is C8H18O6. The van der Waals surface area contributed by atoms with E-state index in [4.69, 9.17) is 10.2 Å². The number of hydrogen-bond donors (Lipinski definition) is 5. The molecule has 0 bridgehead atoms. The maximum Gasteiger partial charge on any atom is 0.183 e. The van der Waals surface area contributed by atoms with E-state index in [1.807, 2.05) is 0 Å². The van der Waals surface area contributed by atoms with Crippen molar-refractivity contribution in [1.29, 1.82) is 0 Å². The fourth-order valence-electron chi connectivity index (χ4n) is 0.955. The molecule has 5 atom stereocenters. The van der Waals surface area contributed by atoms with E-state index < -0.39 is 30.5 Å². The number of rotatable bonds is 6. The van der Waals surface area contributed by atoms with Crippen molar-refractivity contribution in [3.8, 4) is 0 Å². The Morgan fingerprint density at radius 3 is 1.86 bits per heavy atom. The van der Waals surface area contributed by atoms with Crippen molar-refractivity contribution in [1.82, 2.24) is 0 Å². The lowest BCUT2D eigenvalue weighted by atomic mass is 9.97. The van der Waals surface area contributed by atoms with Gasteiger partial charge in [-0.15, -0.1) is 0 Å². The van der Waals surface area contributed by atoms with Crippen molar-refractivity contribution >= 4 is 0 Å². The van der Waals surface area contributed by atoms with Crippen LogP contribution in [0.3, 0.4) is 0 Å². The van der Waals surface area contributed by atoms with Gasteiger partial charge < -0.3 is 30.3 Å². The Balaban J connectivity index is 4.22. The molecule has 0 saturated heterocycles. The molecule has 0 amide bonds. The summed E-state index contributed by atoms with van der Waals surface area (Å²) in [7, 11) is 1.16. The lowest BCUT2D eigenvalue weighted by molar-refractivity contribution is -0.196. The minimum absolute atomic E-state index is 0.325. The highest BCUT2D eigenvalue weighted by molar-refractivity contribution is 4.80. The van der Waals surface area contributed by atoms with Crippen LogP contribution in [0.15, 0.2) is 0 Å². The summed E-state index contributed by atoms with van der Waals surface area (Å²) in [6.07, 6.45) is -6.05. The quantitative estimate of drug-likeness (QED) is 0.314. The predicted molar refractivity (Wildman–Crippen MR) is 47.3 cm³/mol. The molecule has 0 aromatic carbocycles. The maximum atomic E-state index is 9.36. The van der Waals surface area contributed by atoms with Gasteiger partial charge in [0.1, 0.15) is 12.2 Å². The fourth-order valence-corrected chi connectivity index (χ4v) is 0.955. The van der Waals surface area contributed by atoms with Gasteiger partial charge in [-0.3, -0.25) is 0 Å². The summed E-state index contributed by atoms with van der Waals surface area (Å²) >= 11 is 0. The normalized spacial score (nSPS) is 22.5. The van der Waals surface area contributed by atoms with Crippen molar-refractivity contribution < 1.29 is 30.3 Å². The maximum absolute atomic E-state index is 9.36. The first kappa shape index (κ1) is 13.8. The van der Waals surface area contributed by atoms with E-state index in [0.29, 0.717) is 0 Å². The SMILES string of the molecule is CO[C@@H](O)C(O)C(O)[C@H](O)C(C)CO. The molecule has 0 rings (SSSR count). The van der Waals surface area contributed by atoms with E-state index >= 15 is 0 Å². The number of hydrogen-bond acceptors (Lipinski definition) is 6.